The number of aromatic nitrogens is 2. The van der Waals surface area contributed by atoms with Gasteiger partial charge in [0, 0.05) is 13.6 Å². The zero-order valence-corrected chi connectivity index (χ0v) is 12.6. The van der Waals surface area contributed by atoms with Gasteiger partial charge in [0.25, 0.3) is 0 Å². The molecule has 1 aliphatic carbocycles. The Balaban J connectivity index is 1.84. The monoisotopic (exact) mass is 264 g/mol. The van der Waals surface area contributed by atoms with Crippen molar-refractivity contribution in [2.75, 3.05) is 17.6 Å². The molecule has 0 spiro atoms. The van der Waals surface area contributed by atoms with E-state index >= 15 is 0 Å². The van der Waals surface area contributed by atoms with Gasteiger partial charge in [-0.3, -0.25) is 4.68 Å². The van der Waals surface area contributed by atoms with Crippen molar-refractivity contribution >= 4 is 11.5 Å². The quantitative estimate of drug-likeness (QED) is 0.858. The summed E-state index contributed by atoms with van der Waals surface area (Å²) >= 11 is 0. The van der Waals surface area contributed by atoms with Crippen LogP contribution in [0.1, 0.15) is 51.6 Å². The Morgan fingerprint density at radius 1 is 1.42 bits per heavy atom. The first-order valence-corrected chi connectivity index (χ1v) is 7.67. The molecular formula is C15H28N4. The molecule has 2 atom stereocenters. The van der Waals surface area contributed by atoms with Crippen molar-refractivity contribution in [2.45, 2.75) is 52.4 Å². The smallest absolute Gasteiger partial charge is 0.147 e. The van der Waals surface area contributed by atoms with Gasteiger partial charge >= 0.3 is 0 Å². The van der Waals surface area contributed by atoms with Gasteiger partial charge in [0.2, 0.25) is 0 Å². The van der Waals surface area contributed by atoms with Crippen LogP contribution in [0.4, 0.5) is 11.5 Å². The summed E-state index contributed by atoms with van der Waals surface area (Å²) in [7, 11) is 1.96. The minimum absolute atomic E-state index is 0.821. The highest BCUT2D eigenvalue weighted by Gasteiger charge is 2.19. The van der Waals surface area contributed by atoms with E-state index in [4.69, 9.17) is 5.73 Å². The number of rotatable bonds is 5. The first kappa shape index (κ1) is 14.2. The second kappa shape index (κ2) is 6.31. The summed E-state index contributed by atoms with van der Waals surface area (Å²) in [4.78, 5) is 0. The molecule has 108 valence electrons. The predicted molar refractivity (Wildman–Crippen MR) is 81.2 cm³/mol. The van der Waals surface area contributed by atoms with Crippen molar-refractivity contribution in [2.24, 2.45) is 18.9 Å². The van der Waals surface area contributed by atoms with Crippen LogP contribution in [0.25, 0.3) is 0 Å². The Hall–Kier alpha value is -1.19. The van der Waals surface area contributed by atoms with E-state index in [1.165, 1.54) is 32.1 Å². The molecule has 1 heterocycles. The molecule has 0 aromatic carbocycles. The second-order valence-electron chi connectivity index (χ2n) is 6.04. The van der Waals surface area contributed by atoms with Gasteiger partial charge in [-0.2, -0.15) is 5.10 Å². The highest BCUT2D eigenvalue weighted by molar-refractivity contribution is 5.64. The maximum atomic E-state index is 6.11. The lowest BCUT2D eigenvalue weighted by Gasteiger charge is -2.26. The van der Waals surface area contributed by atoms with Gasteiger partial charge in [-0.1, -0.05) is 33.1 Å². The van der Waals surface area contributed by atoms with Gasteiger partial charge in [0.1, 0.15) is 5.82 Å². The van der Waals surface area contributed by atoms with E-state index in [0.29, 0.717) is 0 Å². The van der Waals surface area contributed by atoms with E-state index in [2.05, 4.69) is 24.3 Å². The predicted octanol–water partition coefficient (Wildman–Crippen LogP) is 3.19. The van der Waals surface area contributed by atoms with Crippen LogP contribution in [-0.4, -0.2) is 16.3 Å². The van der Waals surface area contributed by atoms with E-state index in [9.17, 15) is 0 Å². The number of hydrogen-bond acceptors (Lipinski definition) is 3. The molecule has 0 radical (unpaired) electrons. The summed E-state index contributed by atoms with van der Waals surface area (Å²) in [5.74, 6) is 2.78. The largest absolute Gasteiger partial charge is 0.394 e. The van der Waals surface area contributed by atoms with Gasteiger partial charge < -0.3 is 11.1 Å². The normalized spacial score (nSPS) is 23.5. The summed E-state index contributed by atoms with van der Waals surface area (Å²) in [5, 5.41) is 7.91. The Labute approximate surface area is 116 Å². The third-order valence-corrected chi connectivity index (χ3v) is 4.39. The molecular weight excluding hydrogens is 236 g/mol. The maximum absolute atomic E-state index is 6.11. The highest BCUT2D eigenvalue weighted by atomic mass is 15.3. The topological polar surface area (TPSA) is 55.9 Å². The van der Waals surface area contributed by atoms with Gasteiger partial charge in [-0.05, 0) is 31.1 Å². The molecule has 1 fully saturated rings. The molecule has 4 heteroatoms. The molecule has 2 rings (SSSR count). The van der Waals surface area contributed by atoms with Gasteiger partial charge in [-0.15, -0.1) is 0 Å². The Morgan fingerprint density at radius 3 is 2.84 bits per heavy atom. The van der Waals surface area contributed by atoms with Gasteiger partial charge in [0.15, 0.2) is 0 Å². The lowest BCUT2D eigenvalue weighted by molar-refractivity contribution is 0.274. The summed E-state index contributed by atoms with van der Waals surface area (Å²) in [6.45, 7) is 5.47. The Bertz CT molecular complexity index is 411. The molecule has 0 saturated heterocycles. The average Bonchev–Trinajstić information content (AvgIpc) is 2.66. The summed E-state index contributed by atoms with van der Waals surface area (Å²) in [6.07, 6.45) is 7.74. The van der Waals surface area contributed by atoms with Crippen molar-refractivity contribution < 1.29 is 0 Å². The molecule has 0 aliphatic heterocycles. The highest BCUT2D eigenvalue weighted by Crippen LogP contribution is 2.31. The van der Waals surface area contributed by atoms with Crippen molar-refractivity contribution in [3.63, 3.8) is 0 Å². The van der Waals surface area contributed by atoms with Crippen LogP contribution in [0.3, 0.4) is 0 Å². The van der Waals surface area contributed by atoms with Crippen LogP contribution in [0, 0.1) is 11.8 Å². The molecule has 1 aromatic heterocycles. The maximum Gasteiger partial charge on any atom is 0.147 e. The number of nitrogen functional groups attached to an aromatic ring is 1. The van der Waals surface area contributed by atoms with Gasteiger partial charge in [0.05, 0.1) is 11.4 Å². The molecule has 4 nitrogen and oxygen atoms in total. The Kier molecular flexibility index (Phi) is 4.72. The first-order valence-electron chi connectivity index (χ1n) is 7.67. The lowest BCUT2D eigenvalue weighted by atomic mass is 9.81. The van der Waals surface area contributed by atoms with Crippen LogP contribution in [0.15, 0.2) is 0 Å². The van der Waals surface area contributed by atoms with E-state index < -0.39 is 0 Å². The lowest BCUT2D eigenvalue weighted by Crippen LogP contribution is -2.17. The minimum Gasteiger partial charge on any atom is -0.394 e. The molecule has 0 bridgehead atoms. The van der Waals surface area contributed by atoms with Gasteiger partial charge in [-0.25, -0.2) is 0 Å². The standard InChI is InChI=1S/C15H28N4/c1-4-13-14(16)15(19(3)18-13)17-9-8-12-7-5-6-11(2)10-12/h11-12,17H,4-10,16H2,1-3H3. The number of aryl methyl sites for hydroxylation is 2. The summed E-state index contributed by atoms with van der Waals surface area (Å²) < 4.78 is 1.87. The van der Waals surface area contributed by atoms with Crippen LogP contribution >= 0.6 is 0 Å². The second-order valence-corrected chi connectivity index (χ2v) is 6.04. The fourth-order valence-corrected chi connectivity index (χ4v) is 3.28. The summed E-state index contributed by atoms with van der Waals surface area (Å²) in [5.41, 5.74) is 7.93. The van der Waals surface area contributed by atoms with Crippen molar-refractivity contribution in [1.29, 1.82) is 0 Å². The molecule has 0 amide bonds. The SMILES string of the molecule is CCc1nn(C)c(NCCC2CCCC(C)C2)c1N. The van der Waals surface area contributed by atoms with E-state index in [1.807, 2.05) is 11.7 Å². The average molecular weight is 264 g/mol. The van der Waals surface area contributed by atoms with Crippen molar-refractivity contribution in [3.8, 4) is 0 Å². The van der Waals surface area contributed by atoms with E-state index in [1.54, 1.807) is 0 Å². The Morgan fingerprint density at radius 2 is 2.21 bits per heavy atom. The molecule has 19 heavy (non-hydrogen) atoms. The van der Waals surface area contributed by atoms with E-state index in [0.717, 1.165) is 42.0 Å². The first-order chi connectivity index (χ1) is 9.11. The third kappa shape index (κ3) is 3.43. The van der Waals surface area contributed by atoms with Crippen molar-refractivity contribution in [1.82, 2.24) is 9.78 Å². The number of nitrogens with two attached hydrogens (primary N) is 1. The fraction of sp³-hybridized carbons (Fsp3) is 0.800. The van der Waals surface area contributed by atoms with E-state index in [-0.39, 0.29) is 0 Å². The fourth-order valence-electron chi connectivity index (χ4n) is 3.28. The van der Waals surface area contributed by atoms with Crippen LogP contribution < -0.4 is 11.1 Å². The van der Waals surface area contributed by atoms with Crippen LogP contribution in [0.2, 0.25) is 0 Å². The van der Waals surface area contributed by atoms with Crippen LogP contribution in [0.5, 0.6) is 0 Å². The number of nitrogens with zero attached hydrogens (tertiary/aromatic N) is 2. The zero-order chi connectivity index (χ0) is 13.8. The molecule has 1 aliphatic rings. The summed E-state index contributed by atoms with van der Waals surface area (Å²) in [6, 6.07) is 0. The molecule has 3 N–H and O–H groups in total. The zero-order valence-electron chi connectivity index (χ0n) is 12.6. The number of anilines is 2. The molecule has 1 aromatic rings. The molecule has 2 unspecified atom stereocenters. The minimum atomic E-state index is 0.821. The van der Waals surface area contributed by atoms with Crippen LogP contribution in [-0.2, 0) is 13.5 Å². The van der Waals surface area contributed by atoms with Crippen molar-refractivity contribution in [3.05, 3.63) is 5.69 Å². The number of hydrogen-bond donors (Lipinski definition) is 2. The molecule has 1 saturated carbocycles. The third-order valence-electron chi connectivity index (χ3n) is 4.39. The number of nitrogens with one attached hydrogen (secondary N) is 1.